The van der Waals surface area contributed by atoms with Crippen molar-refractivity contribution in [2.24, 2.45) is 4.99 Å². The number of aliphatic imine (C=N–C) groups is 1. The van der Waals surface area contributed by atoms with Gasteiger partial charge in [0.05, 0.1) is 5.69 Å². The van der Waals surface area contributed by atoms with Crippen LogP contribution in [0.3, 0.4) is 0 Å². The maximum absolute atomic E-state index is 4.02. The van der Waals surface area contributed by atoms with Crippen LogP contribution >= 0.6 is 11.8 Å². The first kappa shape index (κ1) is 17.6. The van der Waals surface area contributed by atoms with Gasteiger partial charge in [-0.2, -0.15) is 0 Å². The Labute approximate surface area is 105 Å². The Kier molecular flexibility index (Phi) is 13.6. The normalized spacial score (nSPS) is 8.12. The molecule has 2 heteroatoms. The lowest BCUT2D eigenvalue weighted by molar-refractivity contribution is 1.31. The second kappa shape index (κ2) is 12.3. The molecule has 0 atom stereocenters. The van der Waals surface area contributed by atoms with Gasteiger partial charge in [-0.05, 0) is 31.0 Å². The first-order chi connectivity index (χ1) is 7.79. The van der Waals surface area contributed by atoms with Crippen LogP contribution < -0.4 is 0 Å². The molecule has 0 aromatic heterocycles. The lowest BCUT2D eigenvalue weighted by Crippen LogP contribution is -1.78. The van der Waals surface area contributed by atoms with Gasteiger partial charge in [0.2, 0.25) is 0 Å². The summed E-state index contributed by atoms with van der Waals surface area (Å²) in [6, 6.07) is 6.21. The van der Waals surface area contributed by atoms with E-state index in [1.807, 2.05) is 27.7 Å². The summed E-state index contributed by atoms with van der Waals surface area (Å²) in [5.74, 6) is 1.08. The second-order valence-corrected chi connectivity index (χ2v) is 3.82. The molecule has 1 aromatic carbocycles. The molecule has 0 unspecified atom stereocenters. The molecule has 92 valence electrons. The number of para-hydroxylation sites is 1. The number of thioether (sulfide) groups is 1. The summed E-state index contributed by atoms with van der Waals surface area (Å²) in [4.78, 5) is 5.25. The molecule has 0 fully saturated rings. The van der Waals surface area contributed by atoms with E-state index in [2.05, 4.69) is 43.8 Å². The number of hydrogen-bond acceptors (Lipinski definition) is 2. The van der Waals surface area contributed by atoms with Crippen molar-refractivity contribution in [3.8, 4) is 0 Å². The summed E-state index contributed by atoms with van der Waals surface area (Å²) in [7, 11) is 0. The fraction of sp³-hybridized carbons (Fsp3) is 0.500. The Morgan fingerprint density at radius 3 is 2.19 bits per heavy atom. The van der Waals surface area contributed by atoms with Gasteiger partial charge in [-0.15, -0.1) is 11.8 Å². The number of aryl methyl sites for hydroxylation is 1. The van der Waals surface area contributed by atoms with Gasteiger partial charge in [0.15, 0.2) is 0 Å². The van der Waals surface area contributed by atoms with Gasteiger partial charge in [0, 0.05) is 4.90 Å². The highest BCUT2D eigenvalue weighted by Crippen LogP contribution is 2.31. The van der Waals surface area contributed by atoms with Crippen LogP contribution in [-0.2, 0) is 0 Å². The van der Waals surface area contributed by atoms with Gasteiger partial charge >= 0.3 is 0 Å². The largest absolute Gasteiger partial charge is 0.263 e. The molecule has 1 rings (SSSR count). The minimum Gasteiger partial charge on any atom is -0.263 e. The quantitative estimate of drug-likeness (QED) is 0.502. The van der Waals surface area contributed by atoms with Crippen molar-refractivity contribution < 1.29 is 0 Å². The highest BCUT2D eigenvalue weighted by atomic mass is 32.2. The van der Waals surface area contributed by atoms with Gasteiger partial charge < -0.3 is 0 Å². The first-order valence-corrected chi connectivity index (χ1v) is 6.97. The zero-order valence-electron chi connectivity index (χ0n) is 11.5. The zero-order chi connectivity index (χ0) is 13.0. The summed E-state index contributed by atoms with van der Waals surface area (Å²) >= 11 is 1.81. The van der Waals surface area contributed by atoms with Crippen LogP contribution in [0.2, 0.25) is 0 Å². The van der Waals surface area contributed by atoms with Crippen LogP contribution in [0.4, 0.5) is 5.69 Å². The minimum absolute atomic E-state index is 1.03. The Balaban J connectivity index is 0. The van der Waals surface area contributed by atoms with Gasteiger partial charge in [0.25, 0.3) is 0 Å². The molecular formula is C14H25NS. The molecule has 0 bridgehead atoms. The molecule has 0 saturated heterocycles. The van der Waals surface area contributed by atoms with Crippen LogP contribution in [-0.4, -0.2) is 12.5 Å². The van der Waals surface area contributed by atoms with E-state index in [9.17, 15) is 0 Å². The van der Waals surface area contributed by atoms with Gasteiger partial charge in [-0.3, -0.25) is 4.99 Å². The predicted octanol–water partition coefficient (Wildman–Crippen LogP) is 5.49. The molecular weight excluding hydrogens is 214 g/mol. The first-order valence-electron chi connectivity index (χ1n) is 5.98. The molecule has 16 heavy (non-hydrogen) atoms. The average molecular weight is 239 g/mol. The molecule has 0 aliphatic heterocycles. The van der Waals surface area contributed by atoms with Crippen molar-refractivity contribution in [1.82, 2.24) is 0 Å². The smallest absolute Gasteiger partial charge is 0.0787 e. The van der Waals surface area contributed by atoms with Gasteiger partial charge in [0.1, 0.15) is 0 Å². The van der Waals surface area contributed by atoms with Crippen molar-refractivity contribution in [1.29, 1.82) is 0 Å². The van der Waals surface area contributed by atoms with Crippen LogP contribution in [0.15, 0.2) is 28.1 Å². The molecule has 1 nitrogen and oxygen atoms in total. The summed E-state index contributed by atoms with van der Waals surface area (Å²) in [6.45, 7) is 15.8. The minimum atomic E-state index is 1.03. The predicted molar refractivity (Wildman–Crippen MR) is 79.5 cm³/mol. The van der Waals surface area contributed by atoms with Crippen molar-refractivity contribution >= 4 is 24.2 Å². The molecule has 0 spiro atoms. The molecule has 0 N–H and O–H groups in total. The standard InChI is InChI=1S/C10H13NS.2C2H6/c1-4-12-9-7-5-6-8(2)10(9)11-3;2*1-2/h5-7H,3-4H2,1-2H3;2*1-2H3. The molecule has 0 aliphatic rings. The fourth-order valence-corrected chi connectivity index (χ4v) is 1.95. The third-order valence-electron chi connectivity index (χ3n) is 1.66. The highest BCUT2D eigenvalue weighted by Gasteiger charge is 2.01. The zero-order valence-corrected chi connectivity index (χ0v) is 12.3. The van der Waals surface area contributed by atoms with Crippen molar-refractivity contribution in [2.45, 2.75) is 46.4 Å². The monoisotopic (exact) mass is 239 g/mol. The molecule has 0 amide bonds. The maximum atomic E-state index is 4.02. The second-order valence-electron chi connectivity index (χ2n) is 2.51. The van der Waals surface area contributed by atoms with E-state index in [1.54, 1.807) is 11.8 Å². The van der Waals surface area contributed by atoms with Crippen LogP contribution in [0, 0.1) is 6.92 Å². The highest BCUT2D eigenvalue weighted by molar-refractivity contribution is 7.99. The Morgan fingerprint density at radius 2 is 1.75 bits per heavy atom. The number of benzene rings is 1. The Morgan fingerprint density at radius 1 is 1.19 bits per heavy atom. The van der Waals surface area contributed by atoms with E-state index in [4.69, 9.17) is 0 Å². The van der Waals surface area contributed by atoms with Crippen LogP contribution in [0.25, 0.3) is 0 Å². The SMILES string of the molecule is C=Nc1c(C)cccc1SCC.CC.CC. The van der Waals surface area contributed by atoms with E-state index in [-0.39, 0.29) is 0 Å². The lowest BCUT2D eigenvalue weighted by atomic mass is 10.2. The third kappa shape index (κ3) is 5.96. The van der Waals surface area contributed by atoms with E-state index < -0.39 is 0 Å². The Bertz CT molecular complexity index is 282. The van der Waals surface area contributed by atoms with E-state index in [0.717, 1.165) is 11.4 Å². The molecule has 0 aliphatic carbocycles. The van der Waals surface area contributed by atoms with E-state index in [0.29, 0.717) is 0 Å². The lowest BCUT2D eigenvalue weighted by Gasteiger charge is -2.05. The van der Waals surface area contributed by atoms with Crippen molar-refractivity contribution in [3.05, 3.63) is 23.8 Å². The van der Waals surface area contributed by atoms with Crippen molar-refractivity contribution in [3.63, 3.8) is 0 Å². The maximum Gasteiger partial charge on any atom is 0.0787 e. The molecule has 0 heterocycles. The van der Waals surface area contributed by atoms with Gasteiger partial charge in [-0.25, -0.2) is 0 Å². The number of rotatable bonds is 3. The van der Waals surface area contributed by atoms with Crippen molar-refractivity contribution in [2.75, 3.05) is 5.75 Å². The summed E-state index contributed by atoms with van der Waals surface area (Å²) in [5, 5.41) is 0. The molecule has 1 aromatic rings. The summed E-state index contributed by atoms with van der Waals surface area (Å²) < 4.78 is 0. The van der Waals surface area contributed by atoms with Gasteiger partial charge in [-0.1, -0.05) is 46.8 Å². The number of hydrogen-bond donors (Lipinski definition) is 0. The van der Waals surface area contributed by atoms with Crippen LogP contribution in [0.1, 0.15) is 40.2 Å². The average Bonchev–Trinajstić information content (AvgIpc) is 2.35. The summed E-state index contributed by atoms with van der Waals surface area (Å²) in [5.41, 5.74) is 2.23. The Hall–Kier alpha value is -0.760. The topological polar surface area (TPSA) is 12.4 Å². The summed E-state index contributed by atoms with van der Waals surface area (Å²) in [6.07, 6.45) is 0. The fourth-order valence-electron chi connectivity index (χ4n) is 1.11. The van der Waals surface area contributed by atoms with E-state index in [1.165, 1.54) is 10.5 Å². The van der Waals surface area contributed by atoms with E-state index >= 15 is 0 Å². The molecule has 0 saturated carbocycles. The third-order valence-corrected chi connectivity index (χ3v) is 2.59. The van der Waals surface area contributed by atoms with Crippen LogP contribution in [0.5, 0.6) is 0 Å². The molecule has 0 radical (unpaired) electrons. The number of nitrogens with zero attached hydrogens (tertiary/aromatic N) is 1.